The molecule has 0 spiro atoms. The van der Waals surface area contributed by atoms with Crippen molar-refractivity contribution in [1.29, 1.82) is 0 Å². The summed E-state index contributed by atoms with van der Waals surface area (Å²) in [5.74, 6) is 4.52. The van der Waals surface area contributed by atoms with Crippen molar-refractivity contribution >= 4 is 120 Å². The Labute approximate surface area is 879 Å². The number of carbonyl (C=O) groups is 3. The number of aromatic nitrogens is 7. The number of benzene rings is 8. The molecule has 0 amide bonds. The molecular weight excluding hydrogens is 1980 g/mol. The molecule has 17 rings (SSSR count). The molecule has 0 aliphatic heterocycles. The molecule has 2 aliphatic carbocycles. The SMILES string of the molecule is CC(C)(C)OC(=O)n1cccc1B(O)O.COc1c(-c2ccc3ccc4ccc(-c5cc(C(C)(C)C)cc(-c6cccn6C(=O)OC(C)(C)C)c5OC)nc4c3n2)cc(C(C)(C)C)cc1-c1cccn1C(=O)OC(C)(C)C.COc1c(Br)cc(C(C)(C)C)cc1-c1ccc2ccc3ccc(-c4cc(C(C)(C)C)cc(Br)c4OC)nc3c2n1.COc1cccc(OC)c1-c1ccccc1P(C1CCCCC1)C1CCCCC1. The van der Waals surface area contributed by atoms with Crippen LogP contribution in [-0.2, 0) is 35.9 Å². The van der Waals surface area contributed by atoms with E-state index in [1.165, 1.54) is 102 Å². The van der Waals surface area contributed by atoms with E-state index < -0.39 is 42.2 Å². The summed E-state index contributed by atoms with van der Waals surface area (Å²) < 4.78 is 58.3. The number of ether oxygens (including phenoxy) is 9. The fourth-order valence-corrected chi connectivity index (χ4v) is 24.2. The van der Waals surface area contributed by atoms with Crippen LogP contribution in [0.15, 0.2) is 228 Å². The summed E-state index contributed by atoms with van der Waals surface area (Å²) in [4.78, 5) is 59.6. The Hall–Kier alpha value is -12.2. The number of hydrogen-bond acceptors (Lipinski definition) is 18. The van der Waals surface area contributed by atoms with Gasteiger partial charge in [0.2, 0.25) is 0 Å². The largest absolute Gasteiger partial charge is 0.506 e. The molecule has 2 saturated carbocycles. The van der Waals surface area contributed by atoms with Gasteiger partial charge in [-0.05, 0) is 307 Å². The maximum Gasteiger partial charge on any atom is 0.506 e. The van der Waals surface area contributed by atoms with Gasteiger partial charge in [0.05, 0.1) is 119 Å². The molecule has 0 bridgehead atoms. The first kappa shape index (κ1) is 110. The number of rotatable bonds is 17. The van der Waals surface area contributed by atoms with Crippen LogP contribution in [0.1, 0.15) is 232 Å². The zero-order chi connectivity index (χ0) is 106. The van der Waals surface area contributed by atoms with Crippen molar-refractivity contribution in [1.82, 2.24) is 33.6 Å². The van der Waals surface area contributed by atoms with Gasteiger partial charge < -0.3 is 52.7 Å². The molecule has 0 unspecified atom stereocenters. The maximum atomic E-state index is 13.5. The Balaban J connectivity index is 0.000000171. The summed E-state index contributed by atoms with van der Waals surface area (Å²) in [7, 11) is 8.34. The van der Waals surface area contributed by atoms with Crippen LogP contribution in [0.4, 0.5) is 14.4 Å². The number of pyridine rings is 4. The predicted octanol–water partition coefficient (Wildman–Crippen LogP) is 30.6. The second-order valence-corrected chi connectivity index (χ2v) is 49.1. The predicted molar refractivity (Wildman–Crippen MR) is 604 cm³/mol. The van der Waals surface area contributed by atoms with E-state index in [1.54, 1.807) is 87.2 Å². The fraction of sp³-hybridized carbons (Fsp3) is 0.380. The minimum Gasteiger partial charge on any atom is -0.496 e. The molecule has 15 aromatic rings. The number of fused-ring (bicyclic) bond motifs is 6. The van der Waals surface area contributed by atoms with E-state index in [2.05, 4.69) is 261 Å². The van der Waals surface area contributed by atoms with Crippen molar-refractivity contribution in [2.24, 2.45) is 0 Å². The molecule has 766 valence electrons. The molecule has 0 atom stereocenters. The molecule has 21 nitrogen and oxygen atoms in total. The van der Waals surface area contributed by atoms with Crippen molar-refractivity contribution in [3.8, 4) is 113 Å². The third kappa shape index (κ3) is 25.1. The minimum absolute atomic E-state index is 0.0293. The van der Waals surface area contributed by atoms with E-state index in [9.17, 15) is 14.4 Å². The van der Waals surface area contributed by atoms with E-state index in [-0.39, 0.29) is 35.2 Å². The van der Waals surface area contributed by atoms with E-state index in [0.717, 1.165) is 142 Å². The van der Waals surface area contributed by atoms with Gasteiger partial charge in [-0.15, -0.1) is 0 Å². The zero-order valence-corrected chi connectivity index (χ0v) is 93.8. The van der Waals surface area contributed by atoms with E-state index in [1.807, 2.05) is 84.0 Å². The van der Waals surface area contributed by atoms with Gasteiger partial charge in [0, 0.05) is 73.5 Å². The highest BCUT2D eigenvalue weighted by molar-refractivity contribution is 9.11. The second kappa shape index (κ2) is 44.9. The lowest BCUT2D eigenvalue weighted by Gasteiger charge is -2.39. The molecule has 0 saturated heterocycles. The lowest BCUT2D eigenvalue weighted by Crippen LogP contribution is -2.40. The zero-order valence-electron chi connectivity index (χ0n) is 89.7. The van der Waals surface area contributed by atoms with Gasteiger partial charge in [-0.3, -0.25) is 13.7 Å². The Morgan fingerprint density at radius 2 is 0.623 bits per heavy atom. The number of methoxy groups -OCH3 is 6. The van der Waals surface area contributed by atoms with Gasteiger partial charge in [0.25, 0.3) is 0 Å². The maximum absolute atomic E-state index is 13.5. The van der Waals surface area contributed by atoms with Crippen LogP contribution < -0.4 is 39.3 Å². The third-order valence-electron chi connectivity index (χ3n) is 26.4. The van der Waals surface area contributed by atoms with Gasteiger partial charge in [-0.2, -0.15) is 0 Å². The summed E-state index contributed by atoms with van der Waals surface area (Å²) in [5, 5.41) is 23.4. The molecule has 2 aliphatic rings. The Morgan fingerprint density at radius 3 is 0.938 bits per heavy atom. The first-order chi connectivity index (χ1) is 68.9. The van der Waals surface area contributed by atoms with Crippen molar-refractivity contribution in [3.63, 3.8) is 0 Å². The Bertz CT molecular complexity index is 6920. The van der Waals surface area contributed by atoms with Crippen LogP contribution in [0.3, 0.4) is 0 Å². The molecule has 2 N–H and O–H groups in total. The monoisotopic (exact) mass is 2120 g/mol. The topological polar surface area (TPSA) is 241 Å². The minimum atomic E-state index is -1.69. The van der Waals surface area contributed by atoms with Crippen molar-refractivity contribution in [3.05, 3.63) is 250 Å². The molecule has 8 aromatic carbocycles. The molecule has 0 radical (unpaired) electrons. The smallest absolute Gasteiger partial charge is 0.496 e. The van der Waals surface area contributed by atoms with E-state index in [4.69, 9.17) is 72.6 Å². The standard InChI is InChI=1S/C52H58N4O6.C34H34Br2N2O2.C26H35O2P.C9H14BNO4/c1-49(2,3)33-27-35(45(59-13)37(29-33)41-17-15-25-55(41)47(57)61-51(7,8)9)39-23-21-31-19-20-32-22-24-40(54-44(32)43(31)53-39)36-28-34(50(4,5)6)30-38(46(36)60-14)42-18-16-26-56(42)48(58)62-52(10,11)12;1-33(2,3)21-15-23(31(39-7)25(35)17-21)27-13-11-19-9-10-20-12-14-28(38-30(20)29(19)37-27)24-16-22(34(4,5)6)18-26(36)32(24)40-8;1-27-23-17-11-18-24(28-2)26(23)22-16-9-10-19-25(22)29(20-12-5-3-6-13-20)21-14-7-4-8-15-21;1-9(2,3)15-8(12)11-6-4-5-7(11)10(13)14/h15-30H,1-14H3;9-18H,1-8H3;9-11,16-21H,3-8,12-15H2,1-2H3;4-6,13-14H,1-3H3. The highest BCUT2D eigenvalue weighted by Crippen LogP contribution is 2.58. The Kier molecular flexibility index (Phi) is 33.7. The summed E-state index contributed by atoms with van der Waals surface area (Å²) in [6.07, 6.45) is 17.4. The van der Waals surface area contributed by atoms with Crippen LogP contribution >= 0.6 is 39.8 Å². The first-order valence-electron chi connectivity index (χ1n) is 50.2. The number of carbonyl (C=O) groups excluding carboxylic acids is 3. The molecule has 25 heteroatoms. The summed E-state index contributed by atoms with van der Waals surface area (Å²) in [6.45, 7) is 42.5. The van der Waals surface area contributed by atoms with Crippen LogP contribution in [0, 0.1) is 0 Å². The van der Waals surface area contributed by atoms with Crippen molar-refractivity contribution in [2.75, 3.05) is 42.7 Å². The molecule has 146 heavy (non-hydrogen) atoms. The average Bonchev–Trinajstić information content (AvgIpc) is 0.963. The number of hydrogen-bond donors (Lipinski definition) is 2. The lowest BCUT2D eigenvalue weighted by molar-refractivity contribution is 0.0528. The summed E-state index contributed by atoms with van der Waals surface area (Å²) in [6, 6.07) is 67.6. The summed E-state index contributed by atoms with van der Waals surface area (Å²) in [5.41, 5.74) is 18.7. The van der Waals surface area contributed by atoms with Crippen molar-refractivity contribution in [2.45, 2.75) is 259 Å². The highest BCUT2D eigenvalue weighted by atomic mass is 79.9. The van der Waals surface area contributed by atoms with Crippen LogP contribution in [0.25, 0.3) is 122 Å². The van der Waals surface area contributed by atoms with Crippen molar-refractivity contribution < 1.29 is 67.1 Å². The molecule has 7 aromatic heterocycles. The average molecular weight is 2120 g/mol. The van der Waals surface area contributed by atoms with Crippen LogP contribution in [-0.4, -0.2) is 140 Å². The number of nitrogens with zero attached hydrogens (tertiary/aromatic N) is 7. The fourth-order valence-electron chi connectivity index (χ4n) is 19.0. The molecule has 2 fully saturated rings. The molecular formula is C121H141BBr2N7O14P. The third-order valence-corrected chi connectivity index (χ3v) is 31.1. The number of halogens is 2. The van der Waals surface area contributed by atoms with Gasteiger partial charge >= 0.3 is 25.4 Å². The van der Waals surface area contributed by atoms with Gasteiger partial charge in [0.15, 0.2) is 0 Å². The van der Waals surface area contributed by atoms with Gasteiger partial charge in [-0.25, -0.2) is 34.3 Å². The quantitative estimate of drug-likeness (QED) is 0.0373. The van der Waals surface area contributed by atoms with E-state index >= 15 is 0 Å². The second-order valence-electron chi connectivity index (χ2n) is 44.7. The lowest BCUT2D eigenvalue weighted by atomic mass is 9.83. The van der Waals surface area contributed by atoms with E-state index in [0.29, 0.717) is 45.3 Å². The normalized spacial score (nSPS) is 13.5. The highest BCUT2D eigenvalue weighted by Gasteiger charge is 2.37. The molecule has 7 heterocycles. The van der Waals surface area contributed by atoms with Crippen LogP contribution in [0.2, 0.25) is 0 Å². The summed E-state index contributed by atoms with van der Waals surface area (Å²) >= 11 is 7.46. The van der Waals surface area contributed by atoms with Crippen LogP contribution in [0.5, 0.6) is 34.5 Å². The Morgan fingerprint density at radius 1 is 0.329 bits per heavy atom. The van der Waals surface area contributed by atoms with Gasteiger partial charge in [0.1, 0.15) is 51.3 Å². The van der Waals surface area contributed by atoms with Gasteiger partial charge in [-0.1, -0.05) is 208 Å². The first-order valence-corrected chi connectivity index (χ1v) is 53.3.